The number of benzene rings is 2. The van der Waals surface area contributed by atoms with Crippen LogP contribution in [0.2, 0.25) is 0 Å². The number of hydrogen-bond acceptors (Lipinski definition) is 2. The van der Waals surface area contributed by atoms with E-state index in [1.165, 1.54) is 5.56 Å². The van der Waals surface area contributed by atoms with Gasteiger partial charge in [-0.3, -0.25) is 4.79 Å². The van der Waals surface area contributed by atoms with Crippen molar-refractivity contribution in [1.82, 2.24) is 0 Å². The Hall–Kier alpha value is -2.55. The quantitative estimate of drug-likeness (QED) is 0.749. The molecule has 1 aliphatic rings. The smallest absolute Gasteiger partial charge is 0.232 e. The predicted molar refractivity (Wildman–Crippen MR) is 91.9 cm³/mol. The van der Waals surface area contributed by atoms with Gasteiger partial charge in [0.1, 0.15) is 11.3 Å². The molecular weight excluding hydrogens is 286 g/mol. The summed E-state index contributed by atoms with van der Waals surface area (Å²) in [6.07, 6.45) is 0.599. The van der Waals surface area contributed by atoms with Crippen LogP contribution in [0.15, 0.2) is 40.8 Å². The van der Waals surface area contributed by atoms with Crippen LogP contribution in [-0.2, 0) is 11.2 Å². The minimum Gasteiger partial charge on any atom is -0.460 e. The lowest BCUT2D eigenvalue weighted by atomic mass is 9.93. The van der Waals surface area contributed by atoms with Crippen molar-refractivity contribution in [2.75, 3.05) is 5.32 Å². The van der Waals surface area contributed by atoms with Crippen molar-refractivity contribution in [3.8, 4) is 0 Å². The van der Waals surface area contributed by atoms with Gasteiger partial charge in [-0.15, -0.1) is 0 Å². The number of amides is 1. The maximum Gasteiger partial charge on any atom is 0.232 e. The number of para-hydroxylation sites is 1. The Balaban J connectivity index is 1.77. The van der Waals surface area contributed by atoms with E-state index in [0.29, 0.717) is 6.42 Å². The number of carbonyl (C=O) groups excluding carboxylic acids is 1. The highest BCUT2D eigenvalue weighted by Crippen LogP contribution is 2.37. The molecule has 1 aliphatic heterocycles. The van der Waals surface area contributed by atoms with E-state index < -0.39 is 0 Å². The summed E-state index contributed by atoms with van der Waals surface area (Å²) < 4.78 is 6.11. The lowest BCUT2D eigenvalue weighted by Gasteiger charge is -2.08. The summed E-state index contributed by atoms with van der Waals surface area (Å²) in [5.41, 5.74) is 6.37. The van der Waals surface area contributed by atoms with E-state index in [2.05, 4.69) is 44.3 Å². The van der Waals surface area contributed by atoms with Crippen LogP contribution >= 0.6 is 0 Å². The minimum absolute atomic E-state index is 0.0576. The zero-order valence-electron chi connectivity index (χ0n) is 13.6. The first-order valence-electron chi connectivity index (χ1n) is 7.93. The first kappa shape index (κ1) is 14.1. The van der Waals surface area contributed by atoms with Crippen LogP contribution in [0.1, 0.15) is 33.9 Å². The molecule has 1 aromatic heterocycles. The Kier molecular flexibility index (Phi) is 3.05. The van der Waals surface area contributed by atoms with Gasteiger partial charge in [-0.1, -0.05) is 35.9 Å². The lowest BCUT2D eigenvalue weighted by Crippen LogP contribution is -2.14. The molecule has 0 saturated carbocycles. The van der Waals surface area contributed by atoms with Gasteiger partial charge < -0.3 is 9.73 Å². The molecule has 0 fully saturated rings. The minimum atomic E-state index is -0.176. The zero-order chi connectivity index (χ0) is 16.1. The van der Waals surface area contributed by atoms with Crippen LogP contribution in [-0.4, -0.2) is 5.91 Å². The van der Waals surface area contributed by atoms with Gasteiger partial charge in [0, 0.05) is 17.5 Å². The SMILES string of the molecule is Cc1ccc2c(c1)[C@@H](Cc1oc3c(C)cccc3c1C)C(=O)N2. The molecule has 1 amide bonds. The predicted octanol–water partition coefficient (Wildman–Crippen LogP) is 4.64. The molecule has 2 heterocycles. The van der Waals surface area contributed by atoms with Gasteiger partial charge in [-0.05, 0) is 43.5 Å². The maximum absolute atomic E-state index is 12.4. The van der Waals surface area contributed by atoms with Crippen LogP contribution in [0.5, 0.6) is 0 Å². The van der Waals surface area contributed by atoms with Crippen LogP contribution in [0.3, 0.4) is 0 Å². The number of hydrogen-bond donors (Lipinski definition) is 1. The maximum atomic E-state index is 12.4. The van der Waals surface area contributed by atoms with Crippen molar-refractivity contribution < 1.29 is 9.21 Å². The molecular formula is C20H19NO2. The molecule has 0 radical (unpaired) electrons. The Bertz CT molecular complexity index is 936. The fraction of sp³-hybridized carbons (Fsp3) is 0.250. The van der Waals surface area contributed by atoms with Gasteiger partial charge in [-0.2, -0.15) is 0 Å². The molecule has 4 rings (SSSR count). The van der Waals surface area contributed by atoms with E-state index >= 15 is 0 Å². The van der Waals surface area contributed by atoms with Gasteiger partial charge in [0.05, 0.1) is 5.92 Å². The number of anilines is 1. The van der Waals surface area contributed by atoms with E-state index in [4.69, 9.17) is 4.42 Å². The van der Waals surface area contributed by atoms with E-state index in [-0.39, 0.29) is 11.8 Å². The summed E-state index contributed by atoms with van der Waals surface area (Å²) in [4.78, 5) is 12.4. The van der Waals surface area contributed by atoms with Gasteiger partial charge in [0.25, 0.3) is 0 Å². The molecule has 1 atom stereocenters. The molecule has 0 bridgehead atoms. The molecule has 2 aromatic carbocycles. The highest BCUT2D eigenvalue weighted by atomic mass is 16.3. The molecule has 3 nitrogen and oxygen atoms in total. The van der Waals surface area contributed by atoms with Crippen LogP contribution in [0.4, 0.5) is 5.69 Å². The van der Waals surface area contributed by atoms with Crippen LogP contribution < -0.4 is 5.32 Å². The highest BCUT2D eigenvalue weighted by molar-refractivity contribution is 6.03. The van der Waals surface area contributed by atoms with Gasteiger partial charge in [-0.25, -0.2) is 0 Å². The molecule has 1 N–H and O–H groups in total. The second kappa shape index (κ2) is 4.98. The third kappa shape index (κ3) is 2.15. The third-order valence-corrected chi connectivity index (χ3v) is 4.81. The van der Waals surface area contributed by atoms with E-state index in [0.717, 1.165) is 39.1 Å². The first-order valence-corrected chi connectivity index (χ1v) is 7.93. The Labute approximate surface area is 135 Å². The largest absolute Gasteiger partial charge is 0.460 e. The number of aryl methyl sites for hydroxylation is 3. The van der Waals surface area contributed by atoms with Crippen LogP contribution in [0.25, 0.3) is 11.0 Å². The normalized spacial score (nSPS) is 16.7. The molecule has 0 saturated heterocycles. The average Bonchev–Trinajstić information content (AvgIpc) is 3.00. The number of fused-ring (bicyclic) bond motifs is 2. The van der Waals surface area contributed by atoms with E-state index in [9.17, 15) is 4.79 Å². The highest BCUT2D eigenvalue weighted by Gasteiger charge is 2.32. The fourth-order valence-corrected chi connectivity index (χ4v) is 3.46. The standard InChI is InChI=1S/C20H19NO2/c1-11-7-8-17-15(9-11)16(20(22)21-17)10-18-13(3)14-6-4-5-12(2)19(14)23-18/h4-9,16H,10H2,1-3H3,(H,21,22)/t16-/m1/s1. The average molecular weight is 305 g/mol. The topological polar surface area (TPSA) is 42.2 Å². The number of carbonyl (C=O) groups is 1. The van der Waals surface area contributed by atoms with Crippen molar-refractivity contribution in [2.24, 2.45) is 0 Å². The van der Waals surface area contributed by atoms with E-state index in [1.54, 1.807) is 0 Å². The summed E-state index contributed by atoms with van der Waals surface area (Å²) in [6.45, 7) is 6.18. The number of nitrogens with one attached hydrogen (secondary N) is 1. The number of furan rings is 1. The van der Waals surface area contributed by atoms with Crippen LogP contribution in [0, 0.1) is 20.8 Å². The Morgan fingerprint density at radius 3 is 2.74 bits per heavy atom. The molecule has 0 unspecified atom stereocenters. The Morgan fingerprint density at radius 1 is 1.13 bits per heavy atom. The van der Waals surface area contributed by atoms with Crippen molar-refractivity contribution in [1.29, 1.82) is 0 Å². The monoisotopic (exact) mass is 305 g/mol. The van der Waals surface area contributed by atoms with E-state index in [1.807, 2.05) is 18.2 Å². The molecule has 116 valence electrons. The fourth-order valence-electron chi connectivity index (χ4n) is 3.46. The summed E-state index contributed by atoms with van der Waals surface area (Å²) in [5.74, 6) is 0.787. The van der Waals surface area contributed by atoms with Crippen molar-refractivity contribution in [3.05, 3.63) is 64.4 Å². The van der Waals surface area contributed by atoms with Gasteiger partial charge in [0.2, 0.25) is 5.91 Å². The molecule has 23 heavy (non-hydrogen) atoms. The molecule has 0 spiro atoms. The first-order chi connectivity index (χ1) is 11.0. The molecule has 0 aliphatic carbocycles. The molecule has 3 aromatic rings. The zero-order valence-corrected chi connectivity index (χ0v) is 13.6. The Morgan fingerprint density at radius 2 is 1.96 bits per heavy atom. The van der Waals surface area contributed by atoms with Gasteiger partial charge in [0.15, 0.2) is 0 Å². The van der Waals surface area contributed by atoms with Crippen molar-refractivity contribution in [3.63, 3.8) is 0 Å². The molecule has 3 heteroatoms. The summed E-state index contributed by atoms with van der Waals surface area (Å²) >= 11 is 0. The number of rotatable bonds is 2. The lowest BCUT2D eigenvalue weighted by molar-refractivity contribution is -0.117. The summed E-state index contributed by atoms with van der Waals surface area (Å²) in [5, 5.41) is 4.12. The van der Waals surface area contributed by atoms with Crippen molar-refractivity contribution >= 4 is 22.6 Å². The second-order valence-corrected chi connectivity index (χ2v) is 6.44. The summed E-state index contributed by atoms with van der Waals surface area (Å²) in [6, 6.07) is 12.3. The third-order valence-electron chi connectivity index (χ3n) is 4.81. The summed E-state index contributed by atoms with van der Waals surface area (Å²) in [7, 11) is 0. The van der Waals surface area contributed by atoms with Gasteiger partial charge >= 0.3 is 0 Å². The second-order valence-electron chi connectivity index (χ2n) is 6.44. The van der Waals surface area contributed by atoms with Crippen molar-refractivity contribution in [2.45, 2.75) is 33.1 Å².